The molecule has 16 heavy (non-hydrogen) atoms. The highest BCUT2D eigenvalue weighted by molar-refractivity contribution is 9.10. The summed E-state index contributed by atoms with van der Waals surface area (Å²) in [4.78, 5) is 0. The number of fused-ring (bicyclic) bond motifs is 1. The Balaban J connectivity index is 2.19. The number of aliphatic hydroxyl groups excluding tert-OH is 1. The minimum Gasteiger partial charge on any atom is -0.392 e. The van der Waals surface area contributed by atoms with Crippen molar-refractivity contribution in [3.8, 4) is 0 Å². The Hall–Kier alpha value is -0.450. The first-order valence-corrected chi connectivity index (χ1v) is 6.26. The van der Waals surface area contributed by atoms with E-state index < -0.39 is 0 Å². The van der Waals surface area contributed by atoms with Crippen LogP contribution in [0.1, 0.15) is 30.5 Å². The highest BCUT2D eigenvalue weighted by Gasteiger charge is 2.25. The van der Waals surface area contributed by atoms with Gasteiger partial charge in [-0.15, -0.1) is 0 Å². The summed E-state index contributed by atoms with van der Waals surface area (Å²) in [5.41, 5.74) is 1.83. The third-order valence-corrected chi connectivity index (χ3v) is 3.37. The molecule has 2 rings (SSSR count). The molecule has 88 valence electrons. The summed E-state index contributed by atoms with van der Waals surface area (Å²) in [6.07, 6.45) is 1.29. The standard InChI is InChI=1S/C12H15BrFNO/c1-7(16)6-15-12-3-2-9-10(12)4-8(13)5-11(9)14/h4-5,7,12,15-16H,2-3,6H2,1H3/t7-,12?/m1/s1. The van der Waals surface area contributed by atoms with Crippen molar-refractivity contribution in [2.45, 2.75) is 31.9 Å². The second kappa shape index (κ2) is 4.82. The van der Waals surface area contributed by atoms with Crippen LogP contribution in [0.15, 0.2) is 16.6 Å². The van der Waals surface area contributed by atoms with Crippen LogP contribution in [0, 0.1) is 5.82 Å². The summed E-state index contributed by atoms with van der Waals surface area (Å²) in [5.74, 6) is -0.134. The maximum absolute atomic E-state index is 13.6. The van der Waals surface area contributed by atoms with Crippen molar-refractivity contribution in [3.63, 3.8) is 0 Å². The molecule has 0 saturated heterocycles. The molecule has 4 heteroatoms. The number of rotatable bonds is 3. The molecule has 0 amide bonds. The van der Waals surface area contributed by atoms with Gasteiger partial charge in [0.15, 0.2) is 0 Å². The van der Waals surface area contributed by atoms with Gasteiger partial charge in [-0.05, 0) is 43.0 Å². The molecule has 0 radical (unpaired) electrons. The average Bonchev–Trinajstić information content (AvgIpc) is 2.58. The lowest BCUT2D eigenvalue weighted by atomic mass is 10.1. The van der Waals surface area contributed by atoms with Crippen LogP contribution in [0.5, 0.6) is 0 Å². The van der Waals surface area contributed by atoms with Crippen molar-refractivity contribution in [1.82, 2.24) is 5.32 Å². The van der Waals surface area contributed by atoms with Crippen molar-refractivity contribution in [2.75, 3.05) is 6.54 Å². The van der Waals surface area contributed by atoms with E-state index in [-0.39, 0.29) is 18.0 Å². The van der Waals surface area contributed by atoms with E-state index in [1.807, 2.05) is 6.07 Å². The molecular weight excluding hydrogens is 273 g/mol. The van der Waals surface area contributed by atoms with E-state index in [2.05, 4.69) is 21.2 Å². The molecule has 0 saturated carbocycles. The van der Waals surface area contributed by atoms with E-state index in [4.69, 9.17) is 0 Å². The van der Waals surface area contributed by atoms with Gasteiger partial charge < -0.3 is 10.4 Å². The number of halogens is 2. The topological polar surface area (TPSA) is 32.3 Å². The molecule has 1 aliphatic rings. The predicted octanol–water partition coefficient (Wildman–Crippen LogP) is 2.55. The minimum atomic E-state index is -0.374. The quantitative estimate of drug-likeness (QED) is 0.896. The lowest BCUT2D eigenvalue weighted by molar-refractivity contribution is 0.186. The molecule has 0 heterocycles. The van der Waals surface area contributed by atoms with E-state index >= 15 is 0 Å². The lowest BCUT2D eigenvalue weighted by Crippen LogP contribution is -2.27. The molecule has 1 aliphatic carbocycles. The fraction of sp³-hybridized carbons (Fsp3) is 0.500. The number of hydrogen-bond acceptors (Lipinski definition) is 2. The van der Waals surface area contributed by atoms with Gasteiger partial charge in [0.1, 0.15) is 5.82 Å². The summed E-state index contributed by atoms with van der Waals surface area (Å²) in [6.45, 7) is 2.28. The van der Waals surface area contributed by atoms with Crippen molar-refractivity contribution >= 4 is 15.9 Å². The average molecular weight is 288 g/mol. The van der Waals surface area contributed by atoms with E-state index in [1.165, 1.54) is 6.07 Å². The highest BCUT2D eigenvalue weighted by Crippen LogP contribution is 2.34. The third-order valence-electron chi connectivity index (χ3n) is 2.91. The van der Waals surface area contributed by atoms with Gasteiger partial charge in [0.25, 0.3) is 0 Å². The first-order chi connectivity index (χ1) is 7.58. The number of aliphatic hydroxyl groups is 1. The van der Waals surface area contributed by atoms with Crippen LogP contribution in [-0.4, -0.2) is 17.8 Å². The second-order valence-corrected chi connectivity index (χ2v) is 5.22. The normalized spacial score (nSPS) is 20.9. The van der Waals surface area contributed by atoms with Gasteiger partial charge in [-0.1, -0.05) is 15.9 Å². The number of nitrogens with one attached hydrogen (secondary N) is 1. The molecule has 2 nitrogen and oxygen atoms in total. The molecule has 1 aromatic carbocycles. The molecule has 1 aromatic rings. The molecule has 2 atom stereocenters. The van der Waals surface area contributed by atoms with Crippen LogP contribution in [0.3, 0.4) is 0 Å². The molecule has 1 unspecified atom stereocenters. The largest absolute Gasteiger partial charge is 0.392 e. The third kappa shape index (κ3) is 2.44. The lowest BCUT2D eigenvalue weighted by Gasteiger charge is -2.15. The van der Waals surface area contributed by atoms with Crippen LogP contribution >= 0.6 is 15.9 Å². The van der Waals surface area contributed by atoms with Gasteiger partial charge in [0.2, 0.25) is 0 Å². The second-order valence-electron chi connectivity index (χ2n) is 4.30. The minimum absolute atomic E-state index is 0.134. The first kappa shape index (κ1) is 12.0. The molecule has 0 bridgehead atoms. The monoisotopic (exact) mass is 287 g/mol. The summed E-state index contributed by atoms with van der Waals surface area (Å²) in [7, 11) is 0. The Morgan fingerprint density at radius 1 is 1.62 bits per heavy atom. The van der Waals surface area contributed by atoms with E-state index in [0.717, 1.165) is 28.4 Å². The van der Waals surface area contributed by atoms with Gasteiger partial charge in [-0.3, -0.25) is 0 Å². The Labute approximate surface area is 103 Å². The molecule has 0 fully saturated rings. The fourth-order valence-corrected chi connectivity index (χ4v) is 2.61. The summed E-state index contributed by atoms with van der Waals surface area (Å²) < 4.78 is 14.4. The Bertz CT molecular complexity index is 395. The molecule has 2 N–H and O–H groups in total. The predicted molar refractivity (Wildman–Crippen MR) is 64.8 cm³/mol. The summed E-state index contributed by atoms with van der Waals surface area (Å²) in [5, 5.41) is 12.5. The van der Waals surface area contributed by atoms with Crippen LogP contribution in [0.25, 0.3) is 0 Å². The van der Waals surface area contributed by atoms with E-state index in [9.17, 15) is 9.50 Å². The van der Waals surface area contributed by atoms with E-state index in [1.54, 1.807) is 6.92 Å². The zero-order chi connectivity index (χ0) is 11.7. The van der Waals surface area contributed by atoms with E-state index in [0.29, 0.717) is 6.54 Å². The maximum Gasteiger partial charge on any atom is 0.127 e. The van der Waals surface area contributed by atoms with Gasteiger partial charge >= 0.3 is 0 Å². The van der Waals surface area contributed by atoms with Crippen molar-refractivity contribution in [2.24, 2.45) is 0 Å². The first-order valence-electron chi connectivity index (χ1n) is 5.47. The maximum atomic E-state index is 13.6. The molecule has 0 aromatic heterocycles. The zero-order valence-corrected chi connectivity index (χ0v) is 10.7. The van der Waals surface area contributed by atoms with Crippen molar-refractivity contribution in [1.29, 1.82) is 0 Å². The van der Waals surface area contributed by atoms with Crippen molar-refractivity contribution < 1.29 is 9.50 Å². The zero-order valence-electron chi connectivity index (χ0n) is 9.13. The highest BCUT2D eigenvalue weighted by atomic mass is 79.9. The number of hydrogen-bond donors (Lipinski definition) is 2. The van der Waals surface area contributed by atoms with Crippen LogP contribution < -0.4 is 5.32 Å². The van der Waals surface area contributed by atoms with Crippen LogP contribution in [0.2, 0.25) is 0 Å². The van der Waals surface area contributed by atoms with Gasteiger partial charge in [-0.2, -0.15) is 0 Å². The SMILES string of the molecule is C[C@@H](O)CNC1CCc2c(F)cc(Br)cc21. The Morgan fingerprint density at radius 3 is 3.06 bits per heavy atom. The van der Waals surface area contributed by atoms with Gasteiger partial charge in [0.05, 0.1) is 6.10 Å². The molecule has 0 aliphatic heterocycles. The Morgan fingerprint density at radius 2 is 2.38 bits per heavy atom. The van der Waals surface area contributed by atoms with Crippen LogP contribution in [-0.2, 0) is 6.42 Å². The van der Waals surface area contributed by atoms with Gasteiger partial charge in [-0.25, -0.2) is 4.39 Å². The Kier molecular flexibility index (Phi) is 3.62. The van der Waals surface area contributed by atoms with Crippen LogP contribution in [0.4, 0.5) is 4.39 Å². The number of benzene rings is 1. The molecule has 0 spiro atoms. The smallest absolute Gasteiger partial charge is 0.127 e. The summed E-state index contributed by atoms with van der Waals surface area (Å²) in [6, 6.07) is 3.64. The summed E-state index contributed by atoms with van der Waals surface area (Å²) >= 11 is 3.31. The fourth-order valence-electron chi connectivity index (χ4n) is 2.17. The van der Waals surface area contributed by atoms with Crippen molar-refractivity contribution in [3.05, 3.63) is 33.5 Å². The van der Waals surface area contributed by atoms with Gasteiger partial charge in [0, 0.05) is 17.1 Å². The molecular formula is C12H15BrFNO.